The van der Waals surface area contributed by atoms with Crippen LogP contribution in [0, 0.1) is 6.92 Å². The zero-order chi connectivity index (χ0) is 12.3. The van der Waals surface area contributed by atoms with Gasteiger partial charge in [0.2, 0.25) is 5.91 Å². The fourth-order valence-electron chi connectivity index (χ4n) is 2.06. The Balaban J connectivity index is 1.85. The number of nitrogens with zero attached hydrogens (tertiary/aromatic N) is 2. The van der Waals surface area contributed by atoms with Crippen LogP contribution in [0.5, 0.6) is 0 Å². The normalized spacial score (nSPS) is 20.7. The molecule has 1 aromatic heterocycles. The van der Waals surface area contributed by atoms with Gasteiger partial charge < -0.3 is 10.4 Å². The van der Waals surface area contributed by atoms with E-state index in [2.05, 4.69) is 10.3 Å². The molecular weight excluding hydrogens is 238 g/mol. The van der Waals surface area contributed by atoms with Crippen LogP contribution in [0.25, 0.3) is 0 Å². The molecule has 2 N–H and O–H groups in total. The number of aliphatic hydroxyl groups is 1. The summed E-state index contributed by atoms with van der Waals surface area (Å²) in [6.07, 6.45) is 2.02. The summed E-state index contributed by atoms with van der Waals surface area (Å²) >= 11 is 1.43. The van der Waals surface area contributed by atoms with Crippen LogP contribution in [0.4, 0.5) is 5.13 Å². The van der Waals surface area contributed by atoms with Gasteiger partial charge in [0.25, 0.3) is 0 Å². The Labute approximate surface area is 104 Å². The van der Waals surface area contributed by atoms with Crippen LogP contribution in [0.2, 0.25) is 0 Å². The summed E-state index contributed by atoms with van der Waals surface area (Å²) in [5.74, 6) is -0.0558. The number of anilines is 1. The van der Waals surface area contributed by atoms with Gasteiger partial charge in [0.1, 0.15) is 0 Å². The molecule has 1 aliphatic heterocycles. The minimum absolute atomic E-state index is 0.0558. The van der Waals surface area contributed by atoms with Gasteiger partial charge in [-0.1, -0.05) is 0 Å². The zero-order valence-electron chi connectivity index (χ0n) is 9.85. The number of rotatable bonds is 4. The summed E-state index contributed by atoms with van der Waals surface area (Å²) < 4.78 is 0. The van der Waals surface area contributed by atoms with E-state index in [0.717, 1.165) is 25.1 Å². The summed E-state index contributed by atoms with van der Waals surface area (Å²) in [5, 5.41) is 14.5. The van der Waals surface area contributed by atoms with E-state index in [4.69, 9.17) is 5.11 Å². The van der Waals surface area contributed by atoms with Crippen LogP contribution >= 0.6 is 11.3 Å². The van der Waals surface area contributed by atoms with E-state index in [-0.39, 0.29) is 18.6 Å². The van der Waals surface area contributed by atoms with Gasteiger partial charge in [-0.15, -0.1) is 11.3 Å². The van der Waals surface area contributed by atoms with Gasteiger partial charge in [-0.25, -0.2) is 4.98 Å². The Hall–Kier alpha value is -0.980. The summed E-state index contributed by atoms with van der Waals surface area (Å²) in [5.41, 5.74) is 0.916. The number of likely N-dealkylation sites (tertiary alicyclic amines) is 1. The molecule has 0 radical (unpaired) electrons. The highest BCUT2D eigenvalue weighted by atomic mass is 32.1. The van der Waals surface area contributed by atoms with Crippen molar-refractivity contribution in [3.63, 3.8) is 0 Å². The van der Waals surface area contributed by atoms with Crippen molar-refractivity contribution < 1.29 is 9.90 Å². The lowest BCUT2D eigenvalue weighted by Crippen LogP contribution is -2.38. The van der Waals surface area contributed by atoms with Gasteiger partial charge in [-0.05, 0) is 26.3 Å². The summed E-state index contributed by atoms with van der Waals surface area (Å²) in [4.78, 5) is 18.0. The third-order valence-corrected chi connectivity index (χ3v) is 3.80. The molecule has 1 amide bonds. The molecular formula is C11H17N3O2S. The molecule has 0 aliphatic carbocycles. The highest BCUT2D eigenvalue weighted by Gasteiger charge is 2.25. The third kappa shape index (κ3) is 3.24. The van der Waals surface area contributed by atoms with E-state index >= 15 is 0 Å². The summed E-state index contributed by atoms with van der Waals surface area (Å²) in [6.45, 7) is 3.25. The molecule has 1 atom stereocenters. The lowest BCUT2D eigenvalue weighted by atomic mass is 10.2. The van der Waals surface area contributed by atoms with Crippen molar-refractivity contribution in [3.05, 3.63) is 11.1 Å². The minimum atomic E-state index is -0.0558. The van der Waals surface area contributed by atoms with Crippen molar-refractivity contribution in [1.29, 1.82) is 0 Å². The maximum Gasteiger partial charge on any atom is 0.240 e. The lowest BCUT2D eigenvalue weighted by Gasteiger charge is -2.21. The molecule has 1 unspecified atom stereocenters. The largest absolute Gasteiger partial charge is 0.395 e. The van der Waals surface area contributed by atoms with Gasteiger partial charge in [-0.2, -0.15) is 0 Å². The Morgan fingerprint density at radius 1 is 1.76 bits per heavy atom. The minimum Gasteiger partial charge on any atom is -0.395 e. The van der Waals surface area contributed by atoms with E-state index in [1.165, 1.54) is 11.3 Å². The second-order valence-electron chi connectivity index (χ2n) is 4.29. The van der Waals surface area contributed by atoms with Crippen LogP contribution in [0.1, 0.15) is 18.5 Å². The number of nitrogens with one attached hydrogen (secondary N) is 1. The maximum absolute atomic E-state index is 11.8. The first-order chi connectivity index (χ1) is 8.19. The molecule has 1 aliphatic rings. The highest BCUT2D eigenvalue weighted by Crippen LogP contribution is 2.17. The number of amides is 1. The molecule has 0 bridgehead atoms. The average Bonchev–Trinajstić information content (AvgIpc) is 2.87. The standard InChI is InChI=1S/C11H17N3O2S/c1-8-7-17-11(12-8)13-10(16)5-14-4-2-3-9(14)6-15/h7,9,15H,2-6H2,1H3,(H,12,13,16). The fourth-order valence-corrected chi connectivity index (χ4v) is 2.77. The van der Waals surface area contributed by atoms with E-state index in [1.807, 2.05) is 17.2 Å². The highest BCUT2D eigenvalue weighted by molar-refractivity contribution is 7.13. The van der Waals surface area contributed by atoms with Crippen molar-refractivity contribution in [2.75, 3.05) is 25.0 Å². The number of aliphatic hydroxyl groups excluding tert-OH is 1. The molecule has 0 aromatic carbocycles. The number of carbonyl (C=O) groups excluding carboxylic acids is 1. The Morgan fingerprint density at radius 2 is 2.59 bits per heavy atom. The molecule has 0 spiro atoms. The first kappa shape index (κ1) is 12.5. The van der Waals surface area contributed by atoms with Crippen LogP contribution < -0.4 is 5.32 Å². The van der Waals surface area contributed by atoms with Crippen LogP contribution in [-0.4, -0.2) is 46.6 Å². The monoisotopic (exact) mass is 255 g/mol. The van der Waals surface area contributed by atoms with E-state index in [9.17, 15) is 4.79 Å². The predicted octanol–water partition coefficient (Wildman–Crippen LogP) is 0.847. The van der Waals surface area contributed by atoms with Gasteiger partial charge in [0.15, 0.2) is 5.13 Å². The van der Waals surface area contributed by atoms with E-state index < -0.39 is 0 Å². The number of aryl methyl sites for hydroxylation is 1. The van der Waals surface area contributed by atoms with Gasteiger partial charge in [0.05, 0.1) is 18.8 Å². The molecule has 17 heavy (non-hydrogen) atoms. The first-order valence-electron chi connectivity index (χ1n) is 5.76. The van der Waals surface area contributed by atoms with E-state index in [0.29, 0.717) is 11.7 Å². The first-order valence-corrected chi connectivity index (χ1v) is 6.64. The number of aromatic nitrogens is 1. The number of hydrogen-bond acceptors (Lipinski definition) is 5. The lowest BCUT2D eigenvalue weighted by molar-refractivity contribution is -0.117. The zero-order valence-corrected chi connectivity index (χ0v) is 10.7. The number of hydrogen-bond donors (Lipinski definition) is 2. The van der Waals surface area contributed by atoms with E-state index in [1.54, 1.807) is 0 Å². The molecule has 2 heterocycles. The Kier molecular flexibility index (Phi) is 4.09. The molecule has 1 aromatic rings. The van der Waals surface area contributed by atoms with Gasteiger partial charge in [-0.3, -0.25) is 9.69 Å². The topological polar surface area (TPSA) is 65.5 Å². The molecule has 6 heteroatoms. The number of carbonyl (C=O) groups is 1. The second-order valence-corrected chi connectivity index (χ2v) is 5.15. The summed E-state index contributed by atoms with van der Waals surface area (Å²) in [7, 11) is 0. The van der Waals surface area contributed by atoms with Gasteiger partial charge in [0, 0.05) is 11.4 Å². The SMILES string of the molecule is Cc1csc(NC(=O)CN2CCCC2CO)n1. The second kappa shape index (κ2) is 5.57. The quantitative estimate of drug-likeness (QED) is 0.837. The number of thiazole rings is 1. The smallest absolute Gasteiger partial charge is 0.240 e. The molecule has 0 saturated carbocycles. The third-order valence-electron chi connectivity index (χ3n) is 2.92. The van der Waals surface area contributed by atoms with Crippen LogP contribution in [0.3, 0.4) is 0 Å². The summed E-state index contributed by atoms with van der Waals surface area (Å²) in [6, 6.07) is 0.138. The predicted molar refractivity (Wildman–Crippen MR) is 67.2 cm³/mol. The molecule has 1 fully saturated rings. The van der Waals surface area contributed by atoms with Crippen molar-refractivity contribution in [3.8, 4) is 0 Å². The Bertz CT molecular complexity index is 394. The van der Waals surface area contributed by atoms with Crippen molar-refractivity contribution in [1.82, 2.24) is 9.88 Å². The average molecular weight is 255 g/mol. The maximum atomic E-state index is 11.8. The van der Waals surface area contributed by atoms with Crippen molar-refractivity contribution in [2.24, 2.45) is 0 Å². The molecule has 2 rings (SSSR count). The van der Waals surface area contributed by atoms with Crippen molar-refractivity contribution in [2.45, 2.75) is 25.8 Å². The van der Waals surface area contributed by atoms with Gasteiger partial charge >= 0.3 is 0 Å². The Morgan fingerprint density at radius 3 is 3.24 bits per heavy atom. The van der Waals surface area contributed by atoms with Crippen LogP contribution in [-0.2, 0) is 4.79 Å². The molecule has 94 valence electrons. The molecule has 1 saturated heterocycles. The van der Waals surface area contributed by atoms with Crippen LogP contribution in [0.15, 0.2) is 5.38 Å². The molecule has 5 nitrogen and oxygen atoms in total. The van der Waals surface area contributed by atoms with Crippen molar-refractivity contribution >= 4 is 22.4 Å². The fraction of sp³-hybridized carbons (Fsp3) is 0.636.